The molecule has 0 aromatic heterocycles. The SMILES string of the molecule is CCCSSC1CC=CC=N1. The molecule has 1 atom stereocenters. The van der Waals surface area contributed by atoms with Crippen LogP contribution >= 0.6 is 21.6 Å². The smallest absolute Gasteiger partial charge is 0.109 e. The van der Waals surface area contributed by atoms with E-state index in [4.69, 9.17) is 0 Å². The lowest BCUT2D eigenvalue weighted by Gasteiger charge is -2.09. The molecular weight excluding hydrogens is 174 g/mol. The molecule has 0 aromatic carbocycles. The molecule has 0 amide bonds. The van der Waals surface area contributed by atoms with Gasteiger partial charge in [-0.15, -0.1) is 0 Å². The Balaban J connectivity index is 2.07. The average Bonchev–Trinajstić information content (AvgIpc) is 2.07. The zero-order valence-electron chi connectivity index (χ0n) is 6.69. The molecule has 0 spiro atoms. The van der Waals surface area contributed by atoms with Gasteiger partial charge in [-0.25, -0.2) is 0 Å². The lowest BCUT2D eigenvalue weighted by Crippen LogP contribution is -1.98. The molecule has 0 N–H and O–H groups in total. The van der Waals surface area contributed by atoms with E-state index in [0.717, 1.165) is 6.42 Å². The van der Waals surface area contributed by atoms with Gasteiger partial charge in [-0.2, -0.15) is 0 Å². The minimum Gasteiger partial charge on any atom is -0.278 e. The molecule has 1 nitrogen and oxygen atoms in total. The van der Waals surface area contributed by atoms with Crippen LogP contribution in [0.2, 0.25) is 0 Å². The Morgan fingerprint density at radius 3 is 3.18 bits per heavy atom. The molecule has 0 fully saturated rings. The number of hydrogen-bond donors (Lipinski definition) is 0. The predicted octanol–water partition coefficient (Wildman–Crippen LogP) is 3.13. The third-order valence-corrected chi connectivity index (χ3v) is 4.10. The van der Waals surface area contributed by atoms with E-state index in [0.29, 0.717) is 5.37 Å². The van der Waals surface area contributed by atoms with E-state index in [-0.39, 0.29) is 0 Å². The van der Waals surface area contributed by atoms with Gasteiger partial charge in [-0.3, -0.25) is 4.99 Å². The highest BCUT2D eigenvalue weighted by Crippen LogP contribution is 2.30. The van der Waals surface area contributed by atoms with Gasteiger partial charge in [0.25, 0.3) is 0 Å². The second-order valence-corrected chi connectivity index (χ2v) is 5.00. The van der Waals surface area contributed by atoms with Gasteiger partial charge in [0.05, 0.1) is 0 Å². The number of rotatable bonds is 4. The van der Waals surface area contributed by atoms with Gasteiger partial charge in [-0.05, 0) is 18.9 Å². The van der Waals surface area contributed by atoms with Crippen molar-refractivity contribution >= 4 is 27.8 Å². The first-order valence-corrected chi connectivity index (χ1v) is 6.28. The maximum absolute atomic E-state index is 4.33. The van der Waals surface area contributed by atoms with Crippen molar-refractivity contribution in [3.05, 3.63) is 12.2 Å². The third kappa shape index (κ3) is 3.87. The van der Waals surface area contributed by atoms with Crippen LogP contribution in [0.1, 0.15) is 19.8 Å². The molecular formula is C8H13NS2. The zero-order chi connectivity index (χ0) is 7.94. The van der Waals surface area contributed by atoms with Crippen molar-refractivity contribution in [2.45, 2.75) is 25.1 Å². The van der Waals surface area contributed by atoms with Crippen LogP contribution in [0, 0.1) is 0 Å². The summed E-state index contributed by atoms with van der Waals surface area (Å²) < 4.78 is 0. The predicted molar refractivity (Wildman–Crippen MR) is 56.4 cm³/mol. The Bertz CT molecular complexity index is 154. The molecule has 0 saturated carbocycles. The van der Waals surface area contributed by atoms with E-state index in [9.17, 15) is 0 Å². The first-order chi connectivity index (χ1) is 5.43. The topological polar surface area (TPSA) is 12.4 Å². The van der Waals surface area contributed by atoms with E-state index in [1.54, 1.807) is 0 Å². The van der Waals surface area contributed by atoms with Crippen LogP contribution in [-0.2, 0) is 0 Å². The third-order valence-electron chi connectivity index (χ3n) is 1.28. The minimum absolute atomic E-state index is 0.469. The Morgan fingerprint density at radius 1 is 1.64 bits per heavy atom. The highest BCUT2D eigenvalue weighted by molar-refractivity contribution is 8.76. The minimum atomic E-state index is 0.469. The van der Waals surface area contributed by atoms with Gasteiger partial charge in [0.15, 0.2) is 0 Å². The normalized spacial score (nSPS) is 22.5. The molecule has 11 heavy (non-hydrogen) atoms. The van der Waals surface area contributed by atoms with E-state index in [2.05, 4.69) is 18.0 Å². The quantitative estimate of drug-likeness (QED) is 0.495. The molecule has 0 aromatic rings. The number of dihydropyridines is 1. The van der Waals surface area contributed by atoms with Gasteiger partial charge in [0, 0.05) is 12.0 Å². The van der Waals surface area contributed by atoms with Crippen LogP contribution < -0.4 is 0 Å². The first-order valence-electron chi connectivity index (χ1n) is 3.90. The molecule has 1 heterocycles. The van der Waals surface area contributed by atoms with Crippen molar-refractivity contribution in [3.8, 4) is 0 Å². The summed E-state index contributed by atoms with van der Waals surface area (Å²) in [5.74, 6) is 1.24. The Hall–Kier alpha value is 0.110. The summed E-state index contributed by atoms with van der Waals surface area (Å²) in [4.78, 5) is 4.33. The van der Waals surface area contributed by atoms with Crippen LogP contribution in [0.15, 0.2) is 17.1 Å². The Labute approximate surface area is 76.1 Å². The van der Waals surface area contributed by atoms with Gasteiger partial charge in [0.2, 0.25) is 0 Å². The number of nitrogens with zero attached hydrogens (tertiary/aromatic N) is 1. The van der Waals surface area contributed by atoms with Gasteiger partial charge >= 0.3 is 0 Å². The highest BCUT2D eigenvalue weighted by Gasteiger charge is 2.05. The largest absolute Gasteiger partial charge is 0.278 e. The van der Waals surface area contributed by atoms with Gasteiger partial charge < -0.3 is 0 Å². The molecule has 0 aliphatic carbocycles. The summed E-state index contributed by atoms with van der Waals surface area (Å²) in [5.41, 5.74) is 0. The molecule has 3 heteroatoms. The van der Waals surface area contributed by atoms with E-state index < -0.39 is 0 Å². The number of allylic oxidation sites excluding steroid dienone is 1. The lowest BCUT2D eigenvalue weighted by atomic mass is 10.3. The molecule has 0 bridgehead atoms. The summed E-state index contributed by atoms with van der Waals surface area (Å²) in [6.07, 6.45) is 8.44. The molecule has 0 radical (unpaired) electrons. The Kier molecular flexibility index (Phi) is 4.79. The summed E-state index contributed by atoms with van der Waals surface area (Å²) in [6.45, 7) is 2.21. The van der Waals surface area contributed by atoms with Crippen molar-refractivity contribution in [2.24, 2.45) is 4.99 Å². The van der Waals surface area contributed by atoms with E-state index in [1.165, 1.54) is 12.2 Å². The second kappa shape index (κ2) is 5.72. The van der Waals surface area contributed by atoms with Crippen molar-refractivity contribution in [2.75, 3.05) is 5.75 Å². The first kappa shape index (κ1) is 9.20. The van der Waals surface area contributed by atoms with Crippen LogP contribution in [0.25, 0.3) is 0 Å². The van der Waals surface area contributed by atoms with E-state index in [1.807, 2.05) is 33.9 Å². The highest BCUT2D eigenvalue weighted by atomic mass is 33.1. The van der Waals surface area contributed by atoms with Crippen molar-refractivity contribution in [1.82, 2.24) is 0 Å². The van der Waals surface area contributed by atoms with Gasteiger partial charge in [0.1, 0.15) is 5.37 Å². The molecule has 62 valence electrons. The summed E-state index contributed by atoms with van der Waals surface area (Å²) >= 11 is 0. The lowest BCUT2D eigenvalue weighted by molar-refractivity contribution is 0.936. The maximum atomic E-state index is 4.33. The van der Waals surface area contributed by atoms with Crippen LogP contribution in [0.5, 0.6) is 0 Å². The summed E-state index contributed by atoms with van der Waals surface area (Å²) in [7, 11) is 3.82. The molecule has 1 rings (SSSR count). The monoisotopic (exact) mass is 187 g/mol. The Morgan fingerprint density at radius 2 is 2.55 bits per heavy atom. The van der Waals surface area contributed by atoms with Crippen molar-refractivity contribution in [3.63, 3.8) is 0 Å². The van der Waals surface area contributed by atoms with E-state index >= 15 is 0 Å². The number of hydrogen-bond acceptors (Lipinski definition) is 3. The summed E-state index contributed by atoms with van der Waals surface area (Å²) in [6, 6.07) is 0. The molecule has 1 aliphatic rings. The van der Waals surface area contributed by atoms with Crippen molar-refractivity contribution < 1.29 is 0 Å². The van der Waals surface area contributed by atoms with Crippen LogP contribution in [-0.4, -0.2) is 17.3 Å². The fourth-order valence-electron chi connectivity index (χ4n) is 0.736. The number of aliphatic imine (C=N–C) groups is 1. The molecule has 1 unspecified atom stereocenters. The maximum Gasteiger partial charge on any atom is 0.109 e. The van der Waals surface area contributed by atoms with Gasteiger partial charge in [-0.1, -0.05) is 34.6 Å². The van der Waals surface area contributed by atoms with Crippen molar-refractivity contribution in [1.29, 1.82) is 0 Å². The average molecular weight is 187 g/mol. The second-order valence-electron chi connectivity index (χ2n) is 2.33. The standard InChI is InChI=1S/C8H13NS2/c1-2-7-10-11-8-5-3-4-6-9-8/h3-4,6,8H,2,5,7H2,1H3. The molecule has 1 aliphatic heterocycles. The fourth-order valence-corrected chi connectivity index (χ4v) is 3.11. The van der Waals surface area contributed by atoms with Crippen LogP contribution in [0.3, 0.4) is 0 Å². The zero-order valence-corrected chi connectivity index (χ0v) is 8.33. The fraction of sp³-hybridized carbons (Fsp3) is 0.625. The summed E-state index contributed by atoms with van der Waals surface area (Å²) in [5, 5.41) is 0.469. The van der Waals surface area contributed by atoms with Crippen LogP contribution in [0.4, 0.5) is 0 Å². The molecule has 0 saturated heterocycles.